The van der Waals surface area contributed by atoms with Crippen molar-refractivity contribution in [1.29, 1.82) is 0 Å². The van der Waals surface area contributed by atoms with Crippen LogP contribution < -0.4 is 5.32 Å². The summed E-state index contributed by atoms with van der Waals surface area (Å²) >= 11 is 0. The summed E-state index contributed by atoms with van der Waals surface area (Å²) in [5.41, 5.74) is 3.78. The van der Waals surface area contributed by atoms with Crippen molar-refractivity contribution in [2.45, 2.75) is 33.4 Å². The highest BCUT2D eigenvalue weighted by atomic mass is 16.6. The molecule has 1 aromatic carbocycles. The van der Waals surface area contributed by atoms with E-state index < -0.39 is 12.0 Å². The van der Waals surface area contributed by atoms with Crippen molar-refractivity contribution in [3.63, 3.8) is 0 Å². The number of H-pyrrole nitrogens is 1. The van der Waals surface area contributed by atoms with Gasteiger partial charge < -0.3 is 15.4 Å². The third-order valence-corrected chi connectivity index (χ3v) is 5.93. The number of rotatable bonds is 7. The summed E-state index contributed by atoms with van der Waals surface area (Å²) in [5, 5.41) is 21.5. The molecule has 10 heteroatoms. The fourth-order valence-corrected chi connectivity index (χ4v) is 4.01. The number of aromatic amines is 1. The molecule has 10 nitrogen and oxygen atoms in total. The summed E-state index contributed by atoms with van der Waals surface area (Å²) in [4.78, 5) is 31.6. The smallest absolute Gasteiger partial charge is 0.325 e. The second kappa shape index (κ2) is 9.09. The lowest BCUT2D eigenvalue weighted by Gasteiger charge is -2.37. The fraction of sp³-hybridized carbons (Fsp3) is 0.455. The number of carboxylic acids is 1. The molecule has 1 atom stereocenters. The van der Waals surface area contributed by atoms with Gasteiger partial charge in [0.2, 0.25) is 5.91 Å². The Hall–Kier alpha value is -3.24. The highest BCUT2D eigenvalue weighted by Crippen LogP contribution is 2.31. The zero-order valence-corrected chi connectivity index (χ0v) is 18.5. The Balaban J connectivity index is 1.49. The number of nitrogens with zero attached hydrogens (tertiary/aromatic N) is 4. The molecule has 0 unspecified atom stereocenters. The van der Waals surface area contributed by atoms with Crippen LogP contribution in [0.4, 0.5) is 5.69 Å². The second-order valence-electron chi connectivity index (χ2n) is 8.50. The van der Waals surface area contributed by atoms with Crippen LogP contribution in [0.5, 0.6) is 0 Å². The maximum atomic E-state index is 12.3. The lowest BCUT2D eigenvalue weighted by atomic mass is 10.0. The zero-order chi connectivity index (χ0) is 22.8. The number of aliphatic carboxylic acids is 1. The largest absolute Gasteiger partial charge is 0.480 e. The zero-order valence-electron chi connectivity index (χ0n) is 18.5. The third-order valence-electron chi connectivity index (χ3n) is 5.93. The van der Waals surface area contributed by atoms with Gasteiger partial charge in [-0.3, -0.25) is 19.4 Å². The van der Waals surface area contributed by atoms with Crippen LogP contribution in [-0.4, -0.2) is 68.3 Å². The minimum Gasteiger partial charge on any atom is -0.480 e. The molecular weight excluding hydrogens is 412 g/mol. The average molecular weight is 441 g/mol. The Bertz CT molecular complexity index is 1110. The normalized spacial score (nSPS) is 16.5. The maximum Gasteiger partial charge on any atom is 0.325 e. The van der Waals surface area contributed by atoms with Crippen molar-refractivity contribution in [1.82, 2.24) is 25.1 Å². The van der Waals surface area contributed by atoms with E-state index in [1.54, 1.807) is 6.20 Å². The molecule has 1 saturated heterocycles. The van der Waals surface area contributed by atoms with Gasteiger partial charge in [0.05, 0.1) is 0 Å². The SMILES string of the molecule is Cc1nonc1CN1CCN([C@@H](C(=O)O)c2c[nH]c3cc(NC(=O)C(C)C)ccc23)CC1. The number of aromatic nitrogens is 3. The summed E-state index contributed by atoms with van der Waals surface area (Å²) < 4.78 is 4.77. The van der Waals surface area contributed by atoms with E-state index in [0.717, 1.165) is 40.9 Å². The predicted molar refractivity (Wildman–Crippen MR) is 118 cm³/mol. The lowest BCUT2D eigenvalue weighted by molar-refractivity contribution is -0.144. The number of nitrogens with one attached hydrogen (secondary N) is 2. The van der Waals surface area contributed by atoms with Crippen molar-refractivity contribution in [3.05, 3.63) is 41.3 Å². The molecule has 32 heavy (non-hydrogen) atoms. The second-order valence-corrected chi connectivity index (χ2v) is 8.50. The van der Waals surface area contributed by atoms with Gasteiger partial charge >= 0.3 is 5.97 Å². The van der Waals surface area contributed by atoms with Gasteiger partial charge in [-0.15, -0.1) is 0 Å². The summed E-state index contributed by atoms with van der Waals surface area (Å²) in [5.74, 6) is -1.06. The van der Waals surface area contributed by atoms with Gasteiger partial charge in [0.15, 0.2) is 0 Å². The number of carboxylic acid groups (broad SMARTS) is 1. The molecule has 0 bridgehead atoms. The average Bonchev–Trinajstić information content (AvgIpc) is 3.35. The van der Waals surface area contributed by atoms with Crippen molar-refractivity contribution < 1.29 is 19.3 Å². The van der Waals surface area contributed by atoms with Crippen LogP contribution in [0.2, 0.25) is 0 Å². The summed E-state index contributed by atoms with van der Waals surface area (Å²) in [6.45, 7) is 8.86. The molecule has 0 saturated carbocycles. The standard InChI is InChI=1S/C22H28N6O4/c1-13(2)21(29)24-15-4-5-16-17(11-23-18(16)10-15)20(22(30)31)28-8-6-27(7-9-28)12-19-14(3)25-32-26-19/h4-5,10-11,13,20,23H,6-9,12H2,1-3H3,(H,24,29)(H,30,31)/t20-/m1/s1. The van der Waals surface area contributed by atoms with Crippen molar-refractivity contribution in [2.24, 2.45) is 5.92 Å². The molecule has 0 aliphatic carbocycles. The Morgan fingerprint density at radius 1 is 1.22 bits per heavy atom. The van der Waals surface area contributed by atoms with Crippen LogP contribution in [0.3, 0.4) is 0 Å². The maximum absolute atomic E-state index is 12.3. The number of hydrogen-bond acceptors (Lipinski definition) is 7. The number of anilines is 1. The highest BCUT2D eigenvalue weighted by molar-refractivity contribution is 5.96. The first-order chi connectivity index (χ1) is 15.3. The first kappa shape index (κ1) is 22.0. The van der Waals surface area contributed by atoms with Crippen LogP contribution in [-0.2, 0) is 16.1 Å². The minimum atomic E-state index is -0.881. The number of carbonyl (C=O) groups excluding carboxylic acids is 1. The van der Waals surface area contributed by atoms with Crippen LogP contribution in [0.15, 0.2) is 29.0 Å². The predicted octanol–water partition coefficient (Wildman–Crippen LogP) is 2.40. The van der Waals surface area contributed by atoms with Gasteiger partial charge in [0.25, 0.3) is 0 Å². The molecule has 0 spiro atoms. The van der Waals surface area contributed by atoms with Gasteiger partial charge in [-0.05, 0) is 19.1 Å². The summed E-state index contributed by atoms with van der Waals surface area (Å²) in [6, 6.07) is 4.76. The lowest BCUT2D eigenvalue weighted by Crippen LogP contribution is -2.48. The van der Waals surface area contributed by atoms with E-state index >= 15 is 0 Å². The van der Waals surface area contributed by atoms with Gasteiger partial charge in [-0.2, -0.15) is 0 Å². The number of aryl methyl sites for hydroxylation is 1. The molecule has 1 aliphatic rings. The first-order valence-corrected chi connectivity index (χ1v) is 10.7. The van der Waals surface area contributed by atoms with E-state index in [9.17, 15) is 14.7 Å². The molecule has 170 valence electrons. The van der Waals surface area contributed by atoms with E-state index in [0.29, 0.717) is 25.3 Å². The Morgan fingerprint density at radius 3 is 2.59 bits per heavy atom. The molecule has 0 radical (unpaired) electrons. The van der Waals surface area contributed by atoms with Gasteiger partial charge in [0, 0.05) is 67.0 Å². The van der Waals surface area contributed by atoms with Crippen LogP contribution in [0.25, 0.3) is 10.9 Å². The summed E-state index contributed by atoms with van der Waals surface area (Å²) in [6.07, 6.45) is 1.76. The number of carbonyl (C=O) groups is 2. The van der Waals surface area contributed by atoms with Crippen LogP contribution >= 0.6 is 0 Å². The molecule has 2 aromatic heterocycles. The van der Waals surface area contributed by atoms with E-state index in [1.807, 2.05) is 43.9 Å². The topological polar surface area (TPSA) is 128 Å². The Labute approximate surface area is 185 Å². The van der Waals surface area contributed by atoms with Crippen LogP contribution in [0.1, 0.15) is 36.8 Å². The first-order valence-electron chi connectivity index (χ1n) is 10.7. The molecule has 3 aromatic rings. The summed E-state index contributed by atoms with van der Waals surface area (Å²) in [7, 11) is 0. The van der Waals surface area contributed by atoms with Gasteiger partial charge in [-0.1, -0.05) is 30.2 Å². The number of amides is 1. The fourth-order valence-electron chi connectivity index (χ4n) is 4.01. The van der Waals surface area contributed by atoms with Crippen molar-refractivity contribution >= 4 is 28.5 Å². The van der Waals surface area contributed by atoms with Crippen molar-refractivity contribution in [3.8, 4) is 0 Å². The minimum absolute atomic E-state index is 0.0611. The Morgan fingerprint density at radius 2 is 1.97 bits per heavy atom. The van der Waals surface area contributed by atoms with Crippen LogP contribution in [0, 0.1) is 12.8 Å². The quantitative estimate of drug-likeness (QED) is 0.511. The van der Waals surface area contributed by atoms with Gasteiger partial charge in [0.1, 0.15) is 17.4 Å². The number of piperazine rings is 1. The molecular formula is C22H28N6O4. The molecule has 1 aliphatic heterocycles. The number of hydrogen-bond donors (Lipinski definition) is 3. The number of fused-ring (bicyclic) bond motifs is 1. The third kappa shape index (κ3) is 4.51. The monoisotopic (exact) mass is 440 g/mol. The molecule has 3 heterocycles. The van der Waals surface area contributed by atoms with Gasteiger partial charge in [-0.25, -0.2) is 4.63 Å². The van der Waals surface area contributed by atoms with E-state index in [4.69, 9.17) is 4.63 Å². The molecule has 1 amide bonds. The van der Waals surface area contributed by atoms with E-state index in [2.05, 4.69) is 25.5 Å². The number of benzene rings is 1. The molecule has 3 N–H and O–H groups in total. The Kier molecular flexibility index (Phi) is 6.24. The highest BCUT2D eigenvalue weighted by Gasteiger charge is 2.32. The van der Waals surface area contributed by atoms with E-state index in [1.165, 1.54) is 0 Å². The molecule has 4 rings (SSSR count). The molecule has 1 fully saturated rings. The van der Waals surface area contributed by atoms with E-state index in [-0.39, 0.29) is 11.8 Å². The van der Waals surface area contributed by atoms with Crippen molar-refractivity contribution in [2.75, 3.05) is 31.5 Å².